The van der Waals surface area contributed by atoms with Crippen LogP contribution in [-0.4, -0.2) is 23.7 Å². The van der Waals surface area contributed by atoms with Crippen molar-refractivity contribution in [1.82, 2.24) is 4.90 Å². The van der Waals surface area contributed by atoms with Crippen LogP contribution in [0, 0.1) is 0 Å². The lowest BCUT2D eigenvalue weighted by Gasteiger charge is -2.14. The van der Waals surface area contributed by atoms with Gasteiger partial charge < -0.3 is 4.90 Å². The Morgan fingerprint density at radius 3 is 2.29 bits per heavy atom. The van der Waals surface area contributed by atoms with Gasteiger partial charge in [0.25, 0.3) is 0 Å². The zero-order valence-electron chi connectivity index (χ0n) is 9.78. The van der Waals surface area contributed by atoms with Crippen molar-refractivity contribution in [2.75, 3.05) is 14.1 Å². The summed E-state index contributed by atoms with van der Waals surface area (Å²) in [7, 11) is 4.07. The highest BCUT2D eigenvalue weighted by atomic mass is 32.1. The highest BCUT2D eigenvalue weighted by Crippen LogP contribution is 2.21. The fourth-order valence-electron chi connectivity index (χ4n) is 1.00. The first-order valence-corrected chi connectivity index (χ1v) is 5.44. The number of rotatable bonds is 1. The molecule has 0 fully saturated rings. The minimum atomic E-state index is -0.117. The highest BCUT2D eigenvalue weighted by molar-refractivity contribution is 7.82. The van der Waals surface area contributed by atoms with Gasteiger partial charge in [-0.05, 0) is 19.1 Å². The van der Waals surface area contributed by atoms with Gasteiger partial charge in [-0.2, -0.15) is 12.6 Å². The van der Waals surface area contributed by atoms with Crippen molar-refractivity contribution in [2.24, 2.45) is 0 Å². The van der Waals surface area contributed by atoms with Crippen LogP contribution < -0.4 is 0 Å². The molecule has 0 aromatic rings. The molecular formula is C12H21NS. The summed E-state index contributed by atoms with van der Waals surface area (Å²) in [6.07, 6.45) is 10.4. The number of likely N-dealkylation sites (N-methyl/N-ethyl adjacent to an activating group) is 1. The van der Waals surface area contributed by atoms with Crippen molar-refractivity contribution >= 4 is 12.6 Å². The van der Waals surface area contributed by atoms with E-state index in [-0.39, 0.29) is 4.75 Å². The molecule has 2 heteroatoms. The monoisotopic (exact) mass is 211 g/mol. The summed E-state index contributed by atoms with van der Waals surface area (Å²) >= 11 is 4.47. The Kier molecular flexibility index (Phi) is 5.70. The van der Waals surface area contributed by atoms with Crippen LogP contribution in [0.2, 0.25) is 0 Å². The molecule has 1 unspecified atom stereocenters. The fourth-order valence-corrected chi connectivity index (χ4v) is 1.17. The lowest BCUT2D eigenvalue weighted by Crippen LogP contribution is -2.10. The largest absolute Gasteiger partial charge is 0.378 e. The van der Waals surface area contributed by atoms with E-state index in [0.29, 0.717) is 0 Å². The molecule has 0 spiro atoms. The summed E-state index contributed by atoms with van der Waals surface area (Å²) in [5, 5.41) is 0. The van der Waals surface area contributed by atoms with E-state index < -0.39 is 0 Å². The number of allylic oxidation sites excluding steroid dienone is 3. The van der Waals surface area contributed by atoms with Crippen LogP contribution >= 0.6 is 12.6 Å². The molecule has 0 N–H and O–H groups in total. The lowest BCUT2D eigenvalue weighted by atomic mass is 10.1. The predicted molar refractivity (Wildman–Crippen MR) is 68.8 cm³/mol. The second-order valence-corrected chi connectivity index (χ2v) is 4.37. The summed E-state index contributed by atoms with van der Waals surface area (Å²) in [5.74, 6) is 0. The lowest BCUT2D eigenvalue weighted by molar-refractivity contribution is 0.530. The maximum atomic E-state index is 4.47. The molecule has 0 amide bonds. The molecule has 80 valence electrons. The fraction of sp³-hybridized carbons (Fsp3) is 0.500. The van der Waals surface area contributed by atoms with Crippen LogP contribution in [0.3, 0.4) is 0 Å². The summed E-state index contributed by atoms with van der Waals surface area (Å²) in [6.45, 7) is 6.07. The Hall–Kier alpha value is -0.630. The molecule has 1 nitrogen and oxygen atoms in total. The molecule has 1 rings (SSSR count). The van der Waals surface area contributed by atoms with Gasteiger partial charge in [0.05, 0.1) is 0 Å². The normalized spacial score (nSPS) is 24.6. The van der Waals surface area contributed by atoms with Crippen LogP contribution in [0.15, 0.2) is 36.1 Å². The molecule has 0 aromatic heterocycles. The van der Waals surface area contributed by atoms with Gasteiger partial charge in [-0.1, -0.05) is 32.1 Å². The zero-order chi connectivity index (χ0) is 11.2. The first kappa shape index (κ1) is 13.4. The molecule has 0 saturated heterocycles. The molecule has 1 aliphatic carbocycles. The zero-order valence-corrected chi connectivity index (χ0v) is 10.7. The van der Waals surface area contributed by atoms with Crippen molar-refractivity contribution < 1.29 is 0 Å². The number of thiol groups is 1. The SMILES string of the molecule is CC.CN(C)C1=CC=CC(C)(S)C=C1. The maximum absolute atomic E-state index is 4.47. The number of nitrogens with zero attached hydrogens (tertiary/aromatic N) is 1. The van der Waals surface area contributed by atoms with Crippen molar-refractivity contribution in [3.8, 4) is 0 Å². The van der Waals surface area contributed by atoms with Gasteiger partial charge in [-0.15, -0.1) is 0 Å². The van der Waals surface area contributed by atoms with Crippen LogP contribution in [0.25, 0.3) is 0 Å². The maximum Gasteiger partial charge on any atom is 0.0467 e. The summed E-state index contributed by atoms with van der Waals surface area (Å²) in [6, 6.07) is 0. The van der Waals surface area contributed by atoms with E-state index in [2.05, 4.69) is 48.8 Å². The molecule has 0 aromatic carbocycles. The van der Waals surface area contributed by atoms with E-state index >= 15 is 0 Å². The van der Waals surface area contributed by atoms with Gasteiger partial charge in [0.1, 0.15) is 0 Å². The van der Waals surface area contributed by atoms with E-state index in [9.17, 15) is 0 Å². The molecule has 1 atom stereocenters. The molecule has 0 bridgehead atoms. The first-order chi connectivity index (χ1) is 6.51. The standard InChI is InChI=1S/C10H15NS.C2H6/c1-10(12)7-4-5-9(6-8-10)11(2)3;1-2/h4-8,12H,1-3H3;1-2H3. The molecule has 0 saturated carbocycles. The minimum Gasteiger partial charge on any atom is -0.378 e. The van der Waals surface area contributed by atoms with E-state index in [1.807, 2.05) is 34.0 Å². The summed E-state index contributed by atoms with van der Waals surface area (Å²) in [4.78, 5) is 2.08. The van der Waals surface area contributed by atoms with Gasteiger partial charge in [0.2, 0.25) is 0 Å². The average molecular weight is 211 g/mol. The number of hydrogen-bond donors (Lipinski definition) is 1. The second kappa shape index (κ2) is 5.97. The Morgan fingerprint density at radius 2 is 1.79 bits per heavy atom. The smallest absolute Gasteiger partial charge is 0.0467 e. The van der Waals surface area contributed by atoms with E-state index in [1.54, 1.807) is 0 Å². The minimum absolute atomic E-state index is 0.117. The molecule has 0 heterocycles. The molecule has 0 aliphatic heterocycles. The molecule has 0 radical (unpaired) electrons. The van der Waals surface area contributed by atoms with Gasteiger partial charge in [0.15, 0.2) is 0 Å². The Balaban J connectivity index is 0.000000791. The highest BCUT2D eigenvalue weighted by Gasteiger charge is 2.11. The van der Waals surface area contributed by atoms with E-state index in [4.69, 9.17) is 0 Å². The van der Waals surface area contributed by atoms with Gasteiger partial charge >= 0.3 is 0 Å². The predicted octanol–water partition coefficient (Wildman–Crippen LogP) is 3.27. The molecular weight excluding hydrogens is 190 g/mol. The molecule has 1 aliphatic rings. The van der Waals surface area contributed by atoms with Crippen molar-refractivity contribution in [2.45, 2.75) is 25.5 Å². The number of hydrogen-bond acceptors (Lipinski definition) is 2. The van der Waals surface area contributed by atoms with Crippen LogP contribution in [0.1, 0.15) is 20.8 Å². The van der Waals surface area contributed by atoms with Crippen LogP contribution in [-0.2, 0) is 0 Å². The van der Waals surface area contributed by atoms with Crippen molar-refractivity contribution in [3.05, 3.63) is 36.1 Å². The first-order valence-electron chi connectivity index (χ1n) is 5.00. The topological polar surface area (TPSA) is 3.24 Å². The third-order valence-electron chi connectivity index (χ3n) is 1.81. The van der Waals surface area contributed by atoms with Crippen molar-refractivity contribution in [3.63, 3.8) is 0 Å². The third kappa shape index (κ3) is 4.56. The Labute approximate surface area is 93.6 Å². The summed E-state index contributed by atoms with van der Waals surface area (Å²) in [5.41, 5.74) is 1.20. The Bertz CT molecular complexity index is 247. The van der Waals surface area contributed by atoms with E-state index in [1.165, 1.54) is 5.70 Å². The van der Waals surface area contributed by atoms with Crippen LogP contribution in [0.4, 0.5) is 0 Å². The summed E-state index contributed by atoms with van der Waals surface area (Å²) < 4.78 is -0.117. The van der Waals surface area contributed by atoms with Gasteiger partial charge in [0, 0.05) is 24.5 Å². The van der Waals surface area contributed by atoms with Gasteiger partial charge in [-0.3, -0.25) is 0 Å². The van der Waals surface area contributed by atoms with Crippen molar-refractivity contribution in [1.29, 1.82) is 0 Å². The quantitative estimate of drug-likeness (QED) is 0.652. The van der Waals surface area contributed by atoms with E-state index in [0.717, 1.165) is 0 Å². The van der Waals surface area contributed by atoms with Gasteiger partial charge in [-0.25, -0.2) is 0 Å². The second-order valence-electron chi connectivity index (χ2n) is 3.40. The molecule has 14 heavy (non-hydrogen) atoms. The van der Waals surface area contributed by atoms with Crippen LogP contribution in [0.5, 0.6) is 0 Å². The average Bonchev–Trinajstić information content (AvgIpc) is 2.30. The Morgan fingerprint density at radius 1 is 1.21 bits per heavy atom. The third-order valence-corrected chi connectivity index (χ3v) is 2.11.